The van der Waals surface area contributed by atoms with Crippen LogP contribution in [0.4, 0.5) is 0 Å². The Morgan fingerprint density at radius 2 is 2.29 bits per heavy atom. The van der Waals surface area contributed by atoms with E-state index in [1.165, 1.54) is 0 Å². The number of carbonyl (C=O) groups excluding carboxylic acids is 2. The Labute approximate surface area is 100 Å². The van der Waals surface area contributed by atoms with Gasteiger partial charge in [0.1, 0.15) is 0 Å². The van der Waals surface area contributed by atoms with Gasteiger partial charge in [-0.3, -0.25) is 9.59 Å². The average molecular weight is 232 g/mol. The van der Waals surface area contributed by atoms with Crippen molar-refractivity contribution in [1.29, 1.82) is 0 Å². The standard InChI is InChI=1S/C13H16N2O2/c1-2-14-12(16)10-7-3-5-9-6-4-8-15-13(17)11(9)10/h3,5,7H,2,4,6,8H2,1H3,(H,14,16)(H,15,17). The highest BCUT2D eigenvalue weighted by molar-refractivity contribution is 6.08. The summed E-state index contributed by atoms with van der Waals surface area (Å²) in [6.45, 7) is 3.09. The SMILES string of the molecule is CCNC(=O)c1cccc2c1C(=O)NCCC2. The molecule has 1 aliphatic rings. The van der Waals surface area contributed by atoms with Gasteiger partial charge in [-0.2, -0.15) is 0 Å². The Morgan fingerprint density at radius 1 is 1.47 bits per heavy atom. The van der Waals surface area contributed by atoms with Gasteiger partial charge in [0.15, 0.2) is 0 Å². The average Bonchev–Trinajstić information content (AvgIpc) is 2.52. The minimum atomic E-state index is -0.179. The number of carbonyl (C=O) groups is 2. The van der Waals surface area contributed by atoms with Crippen LogP contribution in [0.25, 0.3) is 0 Å². The van der Waals surface area contributed by atoms with Crippen LogP contribution in [0.2, 0.25) is 0 Å². The van der Waals surface area contributed by atoms with Gasteiger partial charge in [0.25, 0.3) is 11.8 Å². The molecule has 0 aromatic heterocycles. The first-order chi connectivity index (χ1) is 8.24. The van der Waals surface area contributed by atoms with Crippen LogP contribution in [0.5, 0.6) is 0 Å². The van der Waals surface area contributed by atoms with Crippen molar-refractivity contribution in [3.8, 4) is 0 Å². The predicted molar refractivity (Wildman–Crippen MR) is 65.1 cm³/mol. The topological polar surface area (TPSA) is 58.2 Å². The molecule has 0 unspecified atom stereocenters. The fourth-order valence-electron chi connectivity index (χ4n) is 2.09. The van der Waals surface area contributed by atoms with E-state index < -0.39 is 0 Å². The first kappa shape index (κ1) is 11.6. The molecule has 0 saturated heterocycles. The lowest BCUT2D eigenvalue weighted by Crippen LogP contribution is -2.29. The minimum absolute atomic E-state index is 0.139. The summed E-state index contributed by atoms with van der Waals surface area (Å²) in [7, 11) is 0. The van der Waals surface area contributed by atoms with E-state index in [0.29, 0.717) is 24.2 Å². The van der Waals surface area contributed by atoms with Crippen LogP contribution in [0.15, 0.2) is 18.2 Å². The third kappa shape index (κ3) is 2.30. The quantitative estimate of drug-likeness (QED) is 0.802. The molecule has 2 amide bonds. The number of hydrogen-bond donors (Lipinski definition) is 2. The molecule has 1 aromatic carbocycles. The van der Waals surface area contributed by atoms with Gasteiger partial charge in [-0.1, -0.05) is 12.1 Å². The van der Waals surface area contributed by atoms with E-state index in [0.717, 1.165) is 18.4 Å². The van der Waals surface area contributed by atoms with Gasteiger partial charge in [0, 0.05) is 13.1 Å². The molecule has 17 heavy (non-hydrogen) atoms. The number of rotatable bonds is 2. The van der Waals surface area contributed by atoms with Crippen molar-refractivity contribution in [3.63, 3.8) is 0 Å². The number of nitrogens with one attached hydrogen (secondary N) is 2. The third-order valence-corrected chi connectivity index (χ3v) is 2.87. The van der Waals surface area contributed by atoms with Crippen molar-refractivity contribution in [2.75, 3.05) is 13.1 Å². The molecule has 4 heteroatoms. The second-order valence-corrected chi connectivity index (χ2v) is 4.06. The highest BCUT2D eigenvalue weighted by Crippen LogP contribution is 2.18. The highest BCUT2D eigenvalue weighted by atomic mass is 16.2. The zero-order valence-corrected chi connectivity index (χ0v) is 9.88. The van der Waals surface area contributed by atoms with Crippen molar-refractivity contribution in [3.05, 3.63) is 34.9 Å². The zero-order valence-electron chi connectivity index (χ0n) is 9.88. The van der Waals surface area contributed by atoms with Gasteiger partial charge in [-0.05, 0) is 31.4 Å². The normalized spacial score (nSPS) is 14.5. The van der Waals surface area contributed by atoms with Crippen molar-refractivity contribution in [1.82, 2.24) is 10.6 Å². The van der Waals surface area contributed by atoms with Gasteiger partial charge in [0.2, 0.25) is 0 Å². The number of benzene rings is 1. The van der Waals surface area contributed by atoms with Crippen molar-refractivity contribution < 1.29 is 9.59 Å². The van der Waals surface area contributed by atoms with Crippen LogP contribution < -0.4 is 10.6 Å². The van der Waals surface area contributed by atoms with Crippen molar-refractivity contribution in [2.24, 2.45) is 0 Å². The fraction of sp³-hybridized carbons (Fsp3) is 0.385. The molecule has 4 nitrogen and oxygen atoms in total. The molecule has 0 bridgehead atoms. The Hall–Kier alpha value is -1.84. The summed E-state index contributed by atoms with van der Waals surface area (Å²) in [5, 5.41) is 5.55. The third-order valence-electron chi connectivity index (χ3n) is 2.87. The summed E-state index contributed by atoms with van der Waals surface area (Å²) in [5.74, 6) is -0.319. The van der Waals surface area contributed by atoms with Gasteiger partial charge in [0.05, 0.1) is 11.1 Å². The largest absolute Gasteiger partial charge is 0.352 e. The molecule has 1 aliphatic heterocycles. The maximum absolute atomic E-state index is 11.9. The molecule has 0 spiro atoms. The molecule has 0 atom stereocenters. The molecule has 0 fully saturated rings. The molecule has 90 valence electrons. The van der Waals surface area contributed by atoms with E-state index in [2.05, 4.69) is 10.6 Å². The Kier molecular flexibility index (Phi) is 3.42. The Morgan fingerprint density at radius 3 is 3.06 bits per heavy atom. The zero-order chi connectivity index (χ0) is 12.3. The van der Waals surface area contributed by atoms with Crippen molar-refractivity contribution >= 4 is 11.8 Å². The highest BCUT2D eigenvalue weighted by Gasteiger charge is 2.21. The lowest BCUT2D eigenvalue weighted by Gasteiger charge is -2.10. The van der Waals surface area contributed by atoms with E-state index in [1.807, 2.05) is 19.1 Å². The summed E-state index contributed by atoms with van der Waals surface area (Å²) in [5.41, 5.74) is 1.98. The summed E-state index contributed by atoms with van der Waals surface area (Å²) < 4.78 is 0. The summed E-state index contributed by atoms with van der Waals surface area (Å²) in [6.07, 6.45) is 1.75. The van der Waals surface area contributed by atoms with Crippen LogP contribution in [0.1, 0.15) is 39.6 Å². The Balaban J connectivity index is 2.46. The molecule has 1 heterocycles. The Bertz CT molecular complexity index is 455. The van der Waals surface area contributed by atoms with Gasteiger partial charge >= 0.3 is 0 Å². The number of fused-ring (bicyclic) bond motifs is 1. The monoisotopic (exact) mass is 232 g/mol. The molecule has 1 aromatic rings. The van der Waals surface area contributed by atoms with Crippen LogP contribution in [0.3, 0.4) is 0 Å². The van der Waals surface area contributed by atoms with Crippen LogP contribution in [-0.4, -0.2) is 24.9 Å². The van der Waals surface area contributed by atoms with E-state index >= 15 is 0 Å². The summed E-state index contributed by atoms with van der Waals surface area (Å²) in [6, 6.07) is 5.46. The van der Waals surface area contributed by atoms with E-state index in [4.69, 9.17) is 0 Å². The second kappa shape index (κ2) is 4.99. The minimum Gasteiger partial charge on any atom is -0.352 e. The summed E-state index contributed by atoms with van der Waals surface area (Å²) >= 11 is 0. The lowest BCUT2D eigenvalue weighted by molar-refractivity contribution is 0.0922. The maximum Gasteiger partial charge on any atom is 0.252 e. The van der Waals surface area contributed by atoms with Crippen molar-refractivity contribution in [2.45, 2.75) is 19.8 Å². The molecule has 2 N–H and O–H groups in total. The van der Waals surface area contributed by atoms with Gasteiger partial charge in [-0.15, -0.1) is 0 Å². The lowest BCUT2D eigenvalue weighted by atomic mass is 9.97. The van der Waals surface area contributed by atoms with E-state index in [-0.39, 0.29) is 11.8 Å². The smallest absolute Gasteiger partial charge is 0.252 e. The van der Waals surface area contributed by atoms with E-state index in [1.54, 1.807) is 6.07 Å². The number of amides is 2. The molecule has 0 aliphatic carbocycles. The molecular formula is C13H16N2O2. The molecular weight excluding hydrogens is 216 g/mol. The first-order valence-electron chi connectivity index (χ1n) is 5.92. The van der Waals surface area contributed by atoms with Crippen LogP contribution in [-0.2, 0) is 6.42 Å². The van der Waals surface area contributed by atoms with Crippen LogP contribution in [0, 0.1) is 0 Å². The first-order valence-corrected chi connectivity index (χ1v) is 5.92. The molecule has 2 rings (SSSR count). The predicted octanol–water partition coefficient (Wildman–Crippen LogP) is 1.11. The fourth-order valence-corrected chi connectivity index (χ4v) is 2.09. The summed E-state index contributed by atoms with van der Waals surface area (Å²) in [4.78, 5) is 23.8. The second-order valence-electron chi connectivity index (χ2n) is 4.06. The van der Waals surface area contributed by atoms with E-state index in [9.17, 15) is 9.59 Å². The van der Waals surface area contributed by atoms with Crippen LogP contribution >= 0.6 is 0 Å². The number of hydrogen-bond acceptors (Lipinski definition) is 2. The number of aryl methyl sites for hydroxylation is 1. The maximum atomic E-state index is 11.9. The molecule has 0 saturated carbocycles. The van der Waals surface area contributed by atoms with Gasteiger partial charge < -0.3 is 10.6 Å². The van der Waals surface area contributed by atoms with Gasteiger partial charge in [-0.25, -0.2) is 0 Å². The molecule has 0 radical (unpaired) electrons.